The van der Waals surface area contributed by atoms with Crippen molar-refractivity contribution in [2.24, 2.45) is 5.92 Å². The summed E-state index contributed by atoms with van der Waals surface area (Å²) in [6.45, 7) is 2.67. The summed E-state index contributed by atoms with van der Waals surface area (Å²) in [7, 11) is 1.80. The number of nitrogens with zero attached hydrogens (tertiary/aromatic N) is 4. The summed E-state index contributed by atoms with van der Waals surface area (Å²) in [6.07, 6.45) is 8.91. The number of fused-ring (bicyclic) bond motifs is 1. The van der Waals surface area contributed by atoms with Crippen LogP contribution >= 0.6 is 0 Å². The smallest absolute Gasteiger partial charge is 0.229 e. The van der Waals surface area contributed by atoms with Crippen LogP contribution in [0.5, 0.6) is 0 Å². The van der Waals surface area contributed by atoms with Gasteiger partial charge in [-0.3, -0.25) is 9.59 Å². The number of hydrogen-bond donors (Lipinski definition) is 2. The van der Waals surface area contributed by atoms with Crippen LogP contribution in [0.1, 0.15) is 50.5 Å². The second-order valence-corrected chi connectivity index (χ2v) is 9.16. The van der Waals surface area contributed by atoms with Crippen LogP contribution in [0, 0.1) is 12.8 Å². The first-order valence-corrected chi connectivity index (χ1v) is 11.6. The normalized spacial score (nSPS) is 19.0. The molecule has 3 aliphatic rings. The molecule has 2 N–H and O–H groups in total. The first-order valence-electron chi connectivity index (χ1n) is 11.6. The molecule has 0 unspecified atom stereocenters. The molecule has 168 valence electrons. The molecule has 2 aliphatic carbocycles. The van der Waals surface area contributed by atoms with Crippen molar-refractivity contribution in [3.8, 4) is 0 Å². The van der Waals surface area contributed by atoms with Gasteiger partial charge in [0.05, 0.1) is 6.20 Å². The Labute approximate surface area is 188 Å². The van der Waals surface area contributed by atoms with Crippen molar-refractivity contribution in [1.29, 1.82) is 0 Å². The number of carbonyl (C=O) groups is 2. The summed E-state index contributed by atoms with van der Waals surface area (Å²) in [5.74, 6) is 1.70. The van der Waals surface area contributed by atoms with Gasteiger partial charge in [0.1, 0.15) is 5.69 Å². The fraction of sp³-hybridized carbons (Fsp3) is 0.500. The number of aromatic nitrogens is 2. The van der Waals surface area contributed by atoms with E-state index in [0.717, 1.165) is 54.1 Å². The average Bonchev–Trinajstić information content (AvgIpc) is 3.52. The first-order chi connectivity index (χ1) is 15.5. The van der Waals surface area contributed by atoms with Gasteiger partial charge in [-0.1, -0.05) is 12.8 Å². The highest BCUT2D eigenvalue weighted by Crippen LogP contribution is 2.36. The lowest BCUT2D eigenvalue weighted by Gasteiger charge is -2.30. The quantitative estimate of drug-likeness (QED) is 0.739. The summed E-state index contributed by atoms with van der Waals surface area (Å²) in [5, 5.41) is 6.32. The van der Waals surface area contributed by atoms with Crippen molar-refractivity contribution in [3.63, 3.8) is 0 Å². The molecular formula is C24H30N6O2. The number of anilines is 5. The Hall–Kier alpha value is -3.16. The topological polar surface area (TPSA) is 90.5 Å². The molecule has 2 saturated carbocycles. The van der Waals surface area contributed by atoms with Crippen LogP contribution in [0.15, 0.2) is 24.4 Å². The van der Waals surface area contributed by atoms with Crippen LogP contribution in [-0.4, -0.2) is 41.4 Å². The third-order valence-corrected chi connectivity index (χ3v) is 6.78. The van der Waals surface area contributed by atoms with E-state index < -0.39 is 0 Å². The van der Waals surface area contributed by atoms with E-state index in [2.05, 4.69) is 20.5 Å². The van der Waals surface area contributed by atoms with E-state index in [1.165, 1.54) is 12.8 Å². The maximum atomic E-state index is 12.5. The van der Waals surface area contributed by atoms with E-state index in [-0.39, 0.29) is 17.7 Å². The zero-order valence-corrected chi connectivity index (χ0v) is 18.7. The highest BCUT2D eigenvalue weighted by molar-refractivity contribution is 5.97. The van der Waals surface area contributed by atoms with Gasteiger partial charge >= 0.3 is 0 Å². The third kappa shape index (κ3) is 4.13. The second kappa shape index (κ2) is 8.41. The van der Waals surface area contributed by atoms with Crippen molar-refractivity contribution < 1.29 is 9.59 Å². The van der Waals surface area contributed by atoms with Crippen molar-refractivity contribution in [1.82, 2.24) is 9.97 Å². The molecule has 32 heavy (non-hydrogen) atoms. The lowest BCUT2D eigenvalue weighted by Crippen LogP contribution is -2.34. The van der Waals surface area contributed by atoms with Crippen LogP contribution in [0.3, 0.4) is 0 Å². The highest BCUT2D eigenvalue weighted by Gasteiger charge is 2.32. The number of amides is 2. The number of rotatable bonds is 5. The summed E-state index contributed by atoms with van der Waals surface area (Å²) in [5.41, 5.74) is 3.44. The Kier molecular flexibility index (Phi) is 5.45. The van der Waals surface area contributed by atoms with Crippen LogP contribution in [-0.2, 0) is 9.59 Å². The predicted molar refractivity (Wildman–Crippen MR) is 125 cm³/mol. The molecule has 1 aromatic heterocycles. The number of nitrogens with one attached hydrogen (secondary N) is 2. The third-order valence-electron chi connectivity index (χ3n) is 6.78. The molecule has 0 atom stereocenters. The Balaban J connectivity index is 1.39. The maximum absolute atomic E-state index is 12.5. The largest absolute Gasteiger partial charge is 0.351 e. The van der Waals surface area contributed by atoms with Crippen molar-refractivity contribution in [2.45, 2.75) is 57.9 Å². The fourth-order valence-corrected chi connectivity index (χ4v) is 4.66. The van der Waals surface area contributed by atoms with E-state index in [1.807, 2.05) is 25.1 Å². The van der Waals surface area contributed by atoms with Gasteiger partial charge in [0.2, 0.25) is 17.8 Å². The van der Waals surface area contributed by atoms with E-state index in [0.29, 0.717) is 25.0 Å². The predicted octanol–water partition coefficient (Wildman–Crippen LogP) is 3.99. The Bertz CT molecular complexity index is 1040. The van der Waals surface area contributed by atoms with Gasteiger partial charge in [0.25, 0.3) is 0 Å². The molecular weight excluding hydrogens is 404 g/mol. The molecule has 5 rings (SSSR count). The van der Waals surface area contributed by atoms with Crippen molar-refractivity contribution in [2.75, 3.05) is 34.0 Å². The van der Waals surface area contributed by atoms with Crippen molar-refractivity contribution >= 4 is 40.6 Å². The maximum Gasteiger partial charge on any atom is 0.229 e. The summed E-state index contributed by atoms with van der Waals surface area (Å²) in [6, 6.07) is 6.25. The van der Waals surface area contributed by atoms with Gasteiger partial charge in [-0.2, -0.15) is 4.98 Å². The van der Waals surface area contributed by atoms with Crippen molar-refractivity contribution in [3.05, 3.63) is 30.0 Å². The zero-order valence-electron chi connectivity index (χ0n) is 18.7. The van der Waals surface area contributed by atoms with Gasteiger partial charge in [0.15, 0.2) is 5.82 Å². The summed E-state index contributed by atoms with van der Waals surface area (Å²) < 4.78 is 0. The number of benzene rings is 1. The molecule has 1 aromatic carbocycles. The Morgan fingerprint density at radius 2 is 1.94 bits per heavy atom. The van der Waals surface area contributed by atoms with Crippen LogP contribution in [0.4, 0.5) is 28.8 Å². The molecule has 8 heteroatoms. The molecule has 8 nitrogen and oxygen atoms in total. The number of carbonyl (C=O) groups excluding carboxylic acids is 2. The van der Waals surface area contributed by atoms with Gasteiger partial charge in [0, 0.05) is 43.3 Å². The first kappa shape index (κ1) is 20.7. The summed E-state index contributed by atoms with van der Waals surface area (Å²) >= 11 is 0. The molecule has 2 amide bonds. The van der Waals surface area contributed by atoms with E-state index in [1.54, 1.807) is 18.1 Å². The minimum Gasteiger partial charge on any atom is -0.351 e. The molecule has 1 aliphatic heterocycles. The lowest BCUT2D eigenvalue weighted by molar-refractivity contribution is -0.118. The standard InChI is InChI=1S/C24H30N6O2/c1-15-13-17(9-10-19(15)27-23(32)16-7-8-16)26-24-25-14-20-22(28-24)30(18-5-3-4-6-18)12-11-21(31)29(20)2/h9-10,13-14,16,18H,3-8,11-12H2,1-2H3,(H,27,32)(H,25,26,28). The number of aryl methyl sites for hydroxylation is 1. The van der Waals surface area contributed by atoms with Crippen LogP contribution < -0.4 is 20.4 Å². The zero-order chi connectivity index (χ0) is 22.2. The lowest BCUT2D eigenvalue weighted by atomic mass is 10.1. The summed E-state index contributed by atoms with van der Waals surface area (Å²) in [4.78, 5) is 37.9. The van der Waals surface area contributed by atoms with Crippen LogP contribution in [0.2, 0.25) is 0 Å². The van der Waals surface area contributed by atoms with E-state index in [9.17, 15) is 9.59 Å². The number of hydrogen-bond acceptors (Lipinski definition) is 6. The van der Waals surface area contributed by atoms with Gasteiger partial charge in [-0.25, -0.2) is 4.98 Å². The molecule has 0 radical (unpaired) electrons. The molecule has 2 heterocycles. The average molecular weight is 435 g/mol. The molecule has 0 spiro atoms. The Morgan fingerprint density at radius 1 is 1.16 bits per heavy atom. The monoisotopic (exact) mass is 434 g/mol. The van der Waals surface area contributed by atoms with Gasteiger partial charge in [-0.15, -0.1) is 0 Å². The fourth-order valence-electron chi connectivity index (χ4n) is 4.66. The minimum atomic E-state index is 0.0931. The van der Waals surface area contributed by atoms with Gasteiger partial charge < -0.3 is 20.4 Å². The Morgan fingerprint density at radius 3 is 2.66 bits per heavy atom. The molecule has 0 saturated heterocycles. The molecule has 2 aromatic rings. The minimum absolute atomic E-state index is 0.0931. The SMILES string of the molecule is Cc1cc(Nc2ncc3c(n2)N(C2CCCC2)CCC(=O)N3C)ccc1NC(=O)C1CC1. The highest BCUT2D eigenvalue weighted by atomic mass is 16.2. The molecule has 0 bridgehead atoms. The van der Waals surface area contributed by atoms with Crippen LogP contribution in [0.25, 0.3) is 0 Å². The second-order valence-electron chi connectivity index (χ2n) is 9.16. The van der Waals surface area contributed by atoms with E-state index >= 15 is 0 Å². The van der Waals surface area contributed by atoms with Gasteiger partial charge in [-0.05, 0) is 56.4 Å². The molecule has 2 fully saturated rings. The van der Waals surface area contributed by atoms with E-state index in [4.69, 9.17) is 4.98 Å².